The summed E-state index contributed by atoms with van der Waals surface area (Å²) >= 11 is 0. The molecule has 2 N–H and O–H groups in total. The van der Waals surface area contributed by atoms with Gasteiger partial charge in [-0.2, -0.15) is 0 Å². The van der Waals surface area contributed by atoms with Crippen LogP contribution in [0.15, 0.2) is 0 Å². The normalized spacial score (nSPS) is 20.7. The molecule has 1 aliphatic heterocycles. The predicted molar refractivity (Wildman–Crippen MR) is 42.7 cm³/mol. The number of hydrogen-bond donors (Lipinski definition) is 2. The molecule has 0 aliphatic carbocycles. The topological polar surface area (TPSA) is 78.9 Å². The van der Waals surface area contributed by atoms with E-state index in [0.29, 0.717) is 19.4 Å². The summed E-state index contributed by atoms with van der Waals surface area (Å²) in [5.74, 6) is -0.253. The summed E-state index contributed by atoms with van der Waals surface area (Å²) in [5.41, 5.74) is 2.18. The van der Waals surface area contributed by atoms with E-state index in [1.165, 1.54) is 0 Å². The number of nitrogens with zero attached hydrogens (tertiary/aromatic N) is 1. The molecule has 1 atom stereocenters. The summed E-state index contributed by atoms with van der Waals surface area (Å²) in [7, 11) is 0. The van der Waals surface area contributed by atoms with E-state index in [0.717, 1.165) is 4.90 Å². The second-order valence-corrected chi connectivity index (χ2v) is 2.72. The van der Waals surface area contributed by atoms with Crippen molar-refractivity contribution in [2.75, 3.05) is 6.54 Å². The molecule has 0 radical (unpaired) electrons. The van der Waals surface area contributed by atoms with E-state index in [-0.39, 0.29) is 5.91 Å². The number of hydrogen-bond acceptors (Lipinski definition) is 3. The first kappa shape index (κ1) is 9.79. The van der Waals surface area contributed by atoms with Crippen molar-refractivity contribution in [3.63, 3.8) is 0 Å². The van der Waals surface area contributed by atoms with Crippen LogP contribution in [0.2, 0.25) is 0 Å². The number of nitrogens with one attached hydrogen (secondary N) is 1. The van der Waals surface area contributed by atoms with Crippen LogP contribution in [0.5, 0.6) is 0 Å². The second kappa shape index (κ2) is 4.08. The van der Waals surface area contributed by atoms with Gasteiger partial charge in [0.05, 0.1) is 0 Å². The van der Waals surface area contributed by atoms with Crippen LogP contribution in [0.25, 0.3) is 0 Å². The molecule has 6 heteroatoms. The molecular weight excluding hydrogens is 176 g/mol. The van der Waals surface area contributed by atoms with Crippen LogP contribution < -0.4 is 5.48 Å². The maximum absolute atomic E-state index is 10.7. The molecule has 13 heavy (non-hydrogen) atoms. The lowest BCUT2D eigenvalue weighted by atomic mass is 10.2. The maximum atomic E-state index is 10.7. The third-order valence-electron chi connectivity index (χ3n) is 1.84. The van der Waals surface area contributed by atoms with Crippen molar-refractivity contribution < 1.29 is 19.5 Å². The fourth-order valence-corrected chi connectivity index (χ4v) is 0.911. The minimum atomic E-state index is -1.03. The van der Waals surface area contributed by atoms with Gasteiger partial charge in [-0.15, -0.1) is 0 Å². The average molecular weight is 188 g/mol. The fourth-order valence-electron chi connectivity index (χ4n) is 0.911. The number of likely N-dealkylation sites (tertiary alicyclic amines) is 1. The Kier molecular flexibility index (Phi) is 3.07. The van der Waals surface area contributed by atoms with Crippen molar-refractivity contribution in [3.05, 3.63) is 0 Å². The van der Waals surface area contributed by atoms with E-state index in [9.17, 15) is 9.59 Å². The molecule has 0 spiro atoms. The average Bonchev–Trinajstić information content (AvgIpc) is 2.01. The molecule has 6 nitrogen and oxygen atoms in total. The van der Waals surface area contributed by atoms with Gasteiger partial charge in [0.2, 0.25) is 5.91 Å². The van der Waals surface area contributed by atoms with Crippen LogP contribution in [0.1, 0.15) is 19.8 Å². The van der Waals surface area contributed by atoms with Gasteiger partial charge in [0, 0.05) is 19.4 Å². The zero-order valence-electron chi connectivity index (χ0n) is 7.32. The van der Waals surface area contributed by atoms with E-state index in [1.807, 2.05) is 0 Å². The van der Waals surface area contributed by atoms with Gasteiger partial charge < -0.3 is 5.11 Å². The molecule has 0 aromatic carbocycles. The number of amides is 2. The first-order chi connectivity index (χ1) is 6.15. The largest absolute Gasteiger partial charge is 0.465 e. The van der Waals surface area contributed by atoms with Crippen LogP contribution in [-0.4, -0.2) is 34.8 Å². The van der Waals surface area contributed by atoms with Crippen LogP contribution in [0.3, 0.4) is 0 Å². The molecule has 0 aromatic rings. The summed E-state index contributed by atoms with van der Waals surface area (Å²) in [6.45, 7) is 2.15. The lowest BCUT2D eigenvalue weighted by Gasteiger charge is -2.37. The van der Waals surface area contributed by atoms with Gasteiger partial charge in [0.25, 0.3) is 0 Å². The number of hydroxylamine groups is 1. The zero-order chi connectivity index (χ0) is 9.84. The van der Waals surface area contributed by atoms with Gasteiger partial charge >= 0.3 is 6.09 Å². The highest BCUT2D eigenvalue weighted by atomic mass is 16.7. The highest BCUT2D eigenvalue weighted by molar-refractivity contribution is 5.74. The van der Waals surface area contributed by atoms with Gasteiger partial charge in [0.15, 0.2) is 6.23 Å². The van der Waals surface area contributed by atoms with Gasteiger partial charge in [-0.25, -0.2) is 15.1 Å². The molecule has 74 valence electrons. The SMILES string of the molecule is CCC(=O)NOC1CCN1C(=O)O. The number of carbonyl (C=O) groups excluding carboxylic acids is 1. The van der Waals surface area contributed by atoms with Crippen molar-refractivity contribution in [2.45, 2.75) is 26.0 Å². The number of carbonyl (C=O) groups is 2. The molecule has 0 aromatic heterocycles. The maximum Gasteiger partial charge on any atom is 0.409 e. The summed E-state index contributed by atoms with van der Waals surface area (Å²) in [6, 6.07) is 0. The van der Waals surface area contributed by atoms with Crippen LogP contribution >= 0.6 is 0 Å². The highest BCUT2D eigenvalue weighted by Gasteiger charge is 2.33. The predicted octanol–water partition coefficient (Wildman–Crippen LogP) is 0.154. The van der Waals surface area contributed by atoms with Gasteiger partial charge in [-0.3, -0.25) is 9.69 Å². The molecule has 2 amide bonds. The summed E-state index contributed by atoms with van der Waals surface area (Å²) in [4.78, 5) is 27.1. The number of rotatable bonds is 3. The van der Waals surface area contributed by atoms with Crippen LogP contribution in [-0.2, 0) is 9.63 Å². The molecule has 0 saturated carbocycles. The minimum absolute atomic E-state index is 0.253. The monoisotopic (exact) mass is 188 g/mol. The number of carboxylic acid groups (broad SMARTS) is 1. The van der Waals surface area contributed by atoms with Gasteiger partial charge in [0.1, 0.15) is 0 Å². The third kappa shape index (κ3) is 2.32. The summed E-state index contributed by atoms with van der Waals surface area (Å²) in [5, 5.41) is 8.56. The van der Waals surface area contributed by atoms with Crippen LogP contribution in [0, 0.1) is 0 Å². The van der Waals surface area contributed by atoms with Gasteiger partial charge in [-0.05, 0) is 0 Å². The van der Waals surface area contributed by atoms with Gasteiger partial charge in [-0.1, -0.05) is 6.92 Å². The fraction of sp³-hybridized carbons (Fsp3) is 0.714. The molecule has 1 aliphatic rings. The Bertz CT molecular complexity index is 219. The second-order valence-electron chi connectivity index (χ2n) is 2.72. The highest BCUT2D eigenvalue weighted by Crippen LogP contribution is 2.16. The lowest BCUT2D eigenvalue weighted by molar-refractivity contribution is -0.166. The first-order valence-electron chi connectivity index (χ1n) is 4.09. The molecule has 1 fully saturated rings. The van der Waals surface area contributed by atoms with E-state index >= 15 is 0 Å². The van der Waals surface area contributed by atoms with Crippen molar-refractivity contribution in [3.8, 4) is 0 Å². The molecule has 1 rings (SSSR count). The molecule has 1 saturated heterocycles. The Hall–Kier alpha value is -1.30. The Morgan fingerprint density at radius 2 is 2.38 bits per heavy atom. The summed E-state index contributed by atoms with van der Waals surface area (Å²) in [6.07, 6.45) is -0.606. The molecule has 0 bridgehead atoms. The third-order valence-corrected chi connectivity index (χ3v) is 1.84. The van der Waals surface area contributed by atoms with E-state index < -0.39 is 12.3 Å². The Balaban J connectivity index is 2.23. The Labute approximate surface area is 75.4 Å². The van der Waals surface area contributed by atoms with E-state index in [1.54, 1.807) is 6.92 Å². The first-order valence-corrected chi connectivity index (χ1v) is 4.09. The minimum Gasteiger partial charge on any atom is -0.465 e. The van der Waals surface area contributed by atoms with E-state index in [4.69, 9.17) is 9.94 Å². The molecule has 1 heterocycles. The standard InChI is InChI=1S/C7H12N2O4/c1-2-5(10)8-13-6-3-4-9(6)7(11)12/h6H,2-4H2,1H3,(H,8,10)(H,11,12). The zero-order valence-corrected chi connectivity index (χ0v) is 7.32. The van der Waals surface area contributed by atoms with Crippen molar-refractivity contribution in [1.82, 2.24) is 10.4 Å². The molecular formula is C7H12N2O4. The molecule has 1 unspecified atom stereocenters. The smallest absolute Gasteiger partial charge is 0.409 e. The Morgan fingerprint density at radius 3 is 2.77 bits per heavy atom. The van der Waals surface area contributed by atoms with Crippen molar-refractivity contribution in [2.24, 2.45) is 0 Å². The van der Waals surface area contributed by atoms with Crippen molar-refractivity contribution in [1.29, 1.82) is 0 Å². The van der Waals surface area contributed by atoms with Crippen LogP contribution in [0.4, 0.5) is 4.79 Å². The van der Waals surface area contributed by atoms with Crippen molar-refractivity contribution >= 4 is 12.0 Å². The lowest BCUT2D eigenvalue weighted by Crippen LogP contribution is -2.54. The Morgan fingerprint density at radius 1 is 1.69 bits per heavy atom. The van der Waals surface area contributed by atoms with E-state index in [2.05, 4.69) is 5.48 Å². The quantitative estimate of drug-likeness (QED) is 0.618. The summed E-state index contributed by atoms with van der Waals surface area (Å²) < 4.78 is 0.